The van der Waals surface area contributed by atoms with E-state index in [-0.39, 0.29) is 0 Å². The number of nitrogens with one attached hydrogen (secondary N) is 1. The van der Waals surface area contributed by atoms with Crippen molar-refractivity contribution in [3.05, 3.63) is 28.5 Å². The van der Waals surface area contributed by atoms with Gasteiger partial charge in [0.15, 0.2) is 0 Å². The molecule has 7 heteroatoms. The third kappa shape index (κ3) is 2.93. The molecule has 6 nitrogen and oxygen atoms in total. The Balaban J connectivity index is 2.03. The number of thiazole rings is 1. The summed E-state index contributed by atoms with van der Waals surface area (Å²) in [7, 11) is 3.16. The largest absolute Gasteiger partial charge is 0.481 e. The van der Waals surface area contributed by atoms with E-state index in [1.165, 1.54) is 11.2 Å². The molecule has 18 heavy (non-hydrogen) atoms. The molecule has 0 saturated heterocycles. The first kappa shape index (κ1) is 12.7. The van der Waals surface area contributed by atoms with Crippen LogP contribution in [0.4, 0.5) is 0 Å². The minimum absolute atomic E-state index is 0.527. The van der Waals surface area contributed by atoms with Gasteiger partial charge in [-0.2, -0.15) is 0 Å². The van der Waals surface area contributed by atoms with Crippen LogP contribution in [-0.2, 0) is 13.1 Å². The van der Waals surface area contributed by atoms with Crippen molar-refractivity contribution >= 4 is 11.3 Å². The van der Waals surface area contributed by atoms with Crippen molar-refractivity contribution < 1.29 is 9.47 Å². The van der Waals surface area contributed by atoms with Crippen molar-refractivity contribution in [2.75, 3.05) is 14.2 Å². The second-order valence-electron chi connectivity index (χ2n) is 3.44. The lowest BCUT2D eigenvalue weighted by molar-refractivity contribution is 0.359. The van der Waals surface area contributed by atoms with Crippen LogP contribution in [0.5, 0.6) is 11.8 Å². The molecule has 0 aliphatic carbocycles. The number of rotatable bonds is 6. The molecule has 2 heterocycles. The molecule has 0 amide bonds. The fraction of sp³-hybridized carbons (Fsp3) is 0.364. The monoisotopic (exact) mass is 266 g/mol. The van der Waals surface area contributed by atoms with Crippen molar-refractivity contribution in [1.29, 1.82) is 0 Å². The van der Waals surface area contributed by atoms with Crippen molar-refractivity contribution in [3.63, 3.8) is 0 Å². The van der Waals surface area contributed by atoms with Crippen molar-refractivity contribution in [2.24, 2.45) is 0 Å². The van der Waals surface area contributed by atoms with E-state index in [2.05, 4.69) is 20.3 Å². The first-order chi connectivity index (χ1) is 8.85. The van der Waals surface area contributed by atoms with Crippen LogP contribution in [0.2, 0.25) is 0 Å². The van der Waals surface area contributed by atoms with Crippen LogP contribution >= 0.6 is 11.3 Å². The Kier molecular flexibility index (Phi) is 4.43. The zero-order chi connectivity index (χ0) is 12.8. The summed E-state index contributed by atoms with van der Waals surface area (Å²) in [6.45, 7) is 1.32. The van der Waals surface area contributed by atoms with Gasteiger partial charge in [-0.1, -0.05) is 0 Å². The Morgan fingerprint density at radius 3 is 2.44 bits per heavy atom. The Bertz CT molecular complexity index is 468. The third-order valence-corrected chi connectivity index (χ3v) is 3.12. The van der Waals surface area contributed by atoms with Gasteiger partial charge in [0, 0.05) is 24.2 Å². The van der Waals surface area contributed by atoms with E-state index in [0.717, 1.165) is 12.1 Å². The number of ether oxygens (including phenoxy) is 2. The minimum Gasteiger partial charge on any atom is -0.481 e. The Morgan fingerprint density at radius 1 is 1.17 bits per heavy atom. The number of hydrogen-bond acceptors (Lipinski definition) is 7. The summed E-state index contributed by atoms with van der Waals surface area (Å²) in [4.78, 5) is 13.3. The zero-order valence-electron chi connectivity index (χ0n) is 10.2. The van der Waals surface area contributed by atoms with E-state index in [1.807, 2.05) is 11.7 Å². The van der Waals surface area contributed by atoms with Crippen LogP contribution in [-0.4, -0.2) is 29.2 Å². The van der Waals surface area contributed by atoms with Gasteiger partial charge >= 0.3 is 0 Å². The summed E-state index contributed by atoms with van der Waals surface area (Å²) in [5, 5.41) is 3.28. The molecule has 0 aromatic carbocycles. The number of hydrogen-bond donors (Lipinski definition) is 1. The molecule has 2 aromatic heterocycles. The predicted octanol–water partition coefficient (Wildman–Crippen LogP) is 1.24. The summed E-state index contributed by atoms with van der Waals surface area (Å²) in [6, 6.07) is 0. The summed E-state index contributed by atoms with van der Waals surface area (Å²) in [5.41, 5.74) is 2.62. The average molecular weight is 266 g/mol. The maximum Gasteiger partial charge on any atom is 0.224 e. The fourth-order valence-corrected chi connectivity index (χ4v) is 2.09. The molecular weight excluding hydrogens is 252 g/mol. The van der Waals surface area contributed by atoms with Crippen LogP contribution in [0.1, 0.15) is 10.4 Å². The van der Waals surface area contributed by atoms with Crippen molar-refractivity contribution in [3.8, 4) is 11.8 Å². The molecule has 2 rings (SSSR count). The first-order valence-electron chi connectivity index (χ1n) is 5.35. The lowest BCUT2D eigenvalue weighted by Gasteiger charge is -2.11. The van der Waals surface area contributed by atoms with E-state index in [4.69, 9.17) is 9.47 Å². The highest BCUT2D eigenvalue weighted by Crippen LogP contribution is 2.23. The highest BCUT2D eigenvalue weighted by Gasteiger charge is 2.12. The van der Waals surface area contributed by atoms with Gasteiger partial charge in [-0.05, 0) is 0 Å². The molecule has 96 valence electrons. The first-order valence-corrected chi connectivity index (χ1v) is 6.23. The van der Waals surface area contributed by atoms with Crippen LogP contribution in [0.3, 0.4) is 0 Å². The highest BCUT2D eigenvalue weighted by molar-refractivity contribution is 7.09. The summed E-state index contributed by atoms with van der Waals surface area (Å²) in [6.07, 6.45) is 3.26. The molecule has 0 radical (unpaired) electrons. The topological polar surface area (TPSA) is 69.2 Å². The van der Waals surface area contributed by atoms with Crippen molar-refractivity contribution in [1.82, 2.24) is 20.3 Å². The highest BCUT2D eigenvalue weighted by atomic mass is 32.1. The summed E-state index contributed by atoms with van der Waals surface area (Å²) < 4.78 is 10.4. The number of aromatic nitrogens is 3. The van der Waals surface area contributed by atoms with E-state index < -0.39 is 0 Å². The van der Waals surface area contributed by atoms with Gasteiger partial charge in [-0.3, -0.25) is 4.98 Å². The predicted molar refractivity (Wildman–Crippen MR) is 67.8 cm³/mol. The molecule has 0 saturated carbocycles. The maximum absolute atomic E-state index is 5.19. The molecule has 0 unspecified atom stereocenters. The van der Waals surface area contributed by atoms with Crippen molar-refractivity contribution in [2.45, 2.75) is 13.1 Å². The average Bonchev–Trinajstić information content (AvgIpc) is 2.92. The van der Waals surface area contributed by atoms with E-state index >= 15 is 0 Å². The number of nitrogens with zero attached hydrogens (tertiary/aromatic N) is 3. The molecule has 0 spiro atoms. The van der Waals surface area contributed by atoms with Gasteiger partial charge < -0.3 is 14.8 Å². The van der Waals surface area contributed by atoms with Crippen LogP contribution < -0.4 is 14.8 Å². The minimum atomic E-state index is 0.527. The van der Waals surface area contributed by atoms with Gasteiger partial charge in [0.2, 0.25) is 11.8 Å². The quantitative estimate of drug-likeness (QED) is 0.848. The molecular formula is C11H14N4O2S. The van der Waals surface area contributed by atoms with Crippen LogP contribution in [0.25, 0.3) is 0 Å². The van der Waals surface area contributed by atoms with Gasteiger partial charge in [0.25, 0.3) is 0 Å². The Hall–Kier alpha value is -1.73. The molecule has 1 N–H and O–H groups in total. The van der Waals surface area contributed by atoms with Gasteiger partial charge in [0.1, 0.15) is 6.33 Å². The molecule has 0 bridgehead atoms. The Morgan fingerprint density at radius 2 is 1.89 bits per heavy atom. The third-order valence-electron chi connectivity index (χ3n) is 2.34. The fourth-order valence-electron chi connectivity index (χ4n) is 1.52. The smallest absolute Gasteiger partial charge is 0.224 e. The lowest BCUT2D eigenvalue weighted by Crippen LogP contribution is -2.14. The summed E-state index contributed by atoms with van der Waals surface area (Å²) in [5.74, 6) is 1.05. The molecule has 0 fully saturated rings. The molecule has 0 aliphatic rings. The zero-order valence-corrected chi connectivity index (χ0v) is 11.0. The van der Waals surface area contributed by atoms with Crippen LogP contribution in [0.15, 0.2) is 18.0 Å². The Labute approximate surface area is 109 Å². The second kappa shape index (κ2) is 6.27. The van der Waals surface area contributed by atoms with Gasteiger partial charge in [-0.25, -0.2) is 9.97 Å². The van der Waals surface area contributed by atoms with Gasteiger partial charge in [0.05, 0.1) is 25.3 Å². The SMILES string of the molecule is COc1ncnc(OC)c1CNCc1cncs1. The maximum atomic E-state index is 5.19. The molecule has 0 atom stereocenters. The van der Waals surface area contributed by atoms with Gasteiger partial charge in [-0.15, -0.1) is 11.3 Å². The molecule has 0 aliphatic heterocycles. The van der Waals surface area contributed by atoms with E-state index in [9.17, 15) is 0 Å². The van der Waals surface area contributed by atoms with E-state index in [0.29, 0.717) is 18.3 Å². The summed E-state index contributed by atoms with van der Waals surface area (Å²) >= 11 is 1.61. The van der Waals surface area contributed by atoms with E-state index in [1.54, 1.807) is 25.6 Å². The standard InChI is InChI=1S/C11H14N4O2S/c1-16-10-9(11(17-2)15-6-14-10)5-12-3-8-4-13-7-18-8/h4,6-7,12H,3,5H2,1-2H3. The molecule has 2 aromatic rings. The number of methoxy groups -OCH3 is 2. The normalized spacial score (nSPS) is 10.3. The second-order valence-corrected chi connectivity index (χ2v) is 4.41. The lowest BCUT2D eigenvalue weighted by atomic mass is 10.3. The van der Waals surface area contributed by atoms with Crippen LogP contribution in [0, 0.1) is 0 Å².